The van der Waals surface area contributed by atoms with Crippen molar-refractivity contribution in [2.75, 3.05) is 17.6 Å². The van der Waals surface area contributed by atoms with Gasteiger partial charge in [-0.15, -0.1) is 11.3 Å². The Morgan fingerprint density at radius 3 is 2.60 bits per heavy atom. The number of aromatic nitrogens is 1. The second kappa shape index (κ2) is 6.85. The number of rotatable bonds is 7. The van der Waals surface area contributed by atoms with Crippen molar-refractivity contribution < 1.29 is 8.42 Å². The standard InChI is InChI=1S/C14H18N2O2S2/c1-2-11-20(17,18)13-5-3-12(4-6-13)15-8-7-14-16-9-10-19-14/h3-6,9-10,15H,2,7-8,11H2,1H3. The van der Waals surface area contributed by atoms with Gasteiger partial charge in [0.1, 0.15) is 0 Å². The molecular formula is C14H18N2O2S2. The smallest absolute Gasteiger partial charge is 0.178 e. The second-order valence-electron chi connectivity index (χ2n) is 4.45. The molecule has 0 fully saturated rings. The quantitative estimate of drug-likeness (QED) is 0.854. The predicted molar refractivity (Wildman–Crippen MR) is 83.1 cm³/mol. The van der Waals surface area contributed by atoms with Crippen LogP contribution in [0.15, 0.2) is 40.7 Å². The third-order valence-corrected chi connectivity index (χ3v) is 5.61. The van der Waals surface area contributed by atoms with Gasteiger partial charge in [0, 0.05) is 30.2 Å². The van der Waals surface area contributed by atoms with Crippen LogP contribution < -0.4 is 5.32 Å². The summed E-state index contributed by atoms with van der Waals surface area (Å²) in [6.45, 7) is 2.65. The van der Waals surface area contributed by atoms with Gasteiger partial charge < -0.3 is 5.32 Å². The van der Waals surface area contributed by atoms with Crippen molar-refractivity contribution in [1.29, 1.82) is 0 Å². The summed E-state index contributed by atoms with van der Waals surface area (Å²) in [6, 6.07) is 6.95. The fraction of sp³-hybridized carbons (Fsp3) is 0.357. The molecule has 0 amide bonds. The lowest BCUT2D eigenvalue weighted by Gasteiger charge is -2.07. The lowest BCUT2D eigenvalue weighted by Crippen LogP contribution is -2.07. The zero-order valence-corrected chi connectivity index (χ0v) is 13.0. The molecule has 20 heavy (non-hydrogen) atoms. The number of benzene rings is 1. The van der Waals surface area contributed by atoms with Crippen LogP contribution in [-0.2, 0) is 16.3 Å². The highest BCUT2D eigenvalue weighted by molar-refractivity contribution is 7.91. The van der Waals surface area contributed by atoms with Gasteiger partial charge in [-0.05, 0) is 30.7 Å². The van der Waals surface area contributed by atoms with E-state index in [9.17, 15) is 8.42 Å². The van der Waals surface area contributed by atoms with Crippen LogP contribution in [0.2, 0.25) is 0 Å². The predicted octanol–water partition coefficient (Wildman–Crippen LogP) is 2.98. The molecular weight excluding hydrogens is 292 g/mol. The number of thiazole rings is 1. The maximum absolute atomic E-state index is 11.9. The van der Waals surface area contributed by atoms with Crippen LogP contribution in [0.3, 0.4) is 0 Å². The lowest BCUT2D eigenvalue weighted by molar-refractivity contribution is 0.595. The van der Waals surface area contributed by atoms with E-state index in [4.69, 9.17) is 0 Å². The highest BCUT2D eigenvalue weighted by Crippen LogP contribution is 2.16. The Bertz CT molecular complexity index is 620. The Morgan fingerprint density at radius 2 is 2.00 bits per heavy atom. The fourth-order valence-electron chi connectivity index (χ4n) is 1.86. The highest BCUT2D eigenvalue weighted by atomic mass is 32.2. The van der Waals surface area contributed by atoms with E-state index in [0.29, 0.717) is 11.3 Å². The number of anilines is 1. The topological polar surface area (TPSA) is 59.1 Å². The van der Waals surface area contributed by atoms with Crippen molar-refractivity contribution in [3.05, 3.63) is 40.8 Å². The SMILES string of the molecule is CCCS(=O)(=O)c1ccc(NCCc2nccs2)cc1. The van der Waals surface area contributed by atoms with Gasteiger partial charge in [-0.2, -0.15) is 0 Å². The minimum Gasteiger partial charge on any atom is -0.385 e. The molecule has 0 saturated carbocycles. The van der Waals surface area contributed by atoms with Crippen LogP contribution in [0.4, 0.5) is 5.69 Å². The van der Waals surface area contributed by atoms with Gasteiger partial charge in [0.15, 0.2) is 9.84 Å². The number of hydrogen-bond acceptors (Lipinski definition) is 5. The van der Waals surface area contributed by atoms with E-state index in [0.717, 1.165) is 23.7 Å². The number of hydrogen-bond donors (Lipinski definition) is 1. The van der Waals surface area contributed by atoms with Gasteiger partial charge in [-0.3, -0.25) is 0 Å². The molecule has 0 aliphatic carbocycles. The van der Waals surface area contributed by atoms with Crippen molar-refractivity contribution >= 4 is 26.9 Å². The van der Waals surface area contributed by atoms with Gasteiger partial charge in [-0.1, -0.05) is 6.92 Å². The summed E-state index contributed by atoms with van der Waals surface area (Å²) in [5.74, 6) is 0.198. The number of sulfone groups is 1. The molecule has 0 atom stereocenters. The van der Waals surface area contributed by atoms with Crippen LogP contribution in [-0.4, -0.2) is 25.7 Å². The van der Waals surface area contributed by atoms with Crippen LogP contribution in [0.1, 0.15) is 18.4 Å². The van der Waals surface area contributed by atoms with Gasteiger partial charge in [0.2, 0.25) is 0 Å². The van der Waals surface area contributed by atoms with Gasteiger partial charge in [0.25, 0.3) is 0 Å². The summed E-state index contributed by atoms with van der Waals surface area (Å²) in [7, 11) is -3.12. The first kappa shape index (κ1) is 15.0. The van der Waals surface area contributed by atoms with Crippen molar-refractivity contribution in [2.24, 2.45) is 0 Å². The minimum absolute atomic E-state index is 0.198. The Balaban J connectivity index is 1.91. The van der Waals surface area contributed by atoms with E-state index in [1.165, 1.54) is 0 Å². The zero-order chi connectivity index (χ0) is 14.4. The van der Waals surface area contributed by atoms with Crippen LogP contribution in [0.5, 0.6) is 0 Å². The summed E-state index contributed by atoms with van der Waals surface area (Å²) < 4.78 is 23.8. The van der Waals surface area contributed by atoms with E-state index in [1.54, 1.807) is 29.7 Å². The molecule has 1 aromatic heterocycles. The van der Waals surface area contributed by atoms with Gasteiger partial charge in [0.05, 0.1) is 15.7 Å². The summed E-state index contributed by atoms with van der Waals surface area (Å²) in [5, 5.41) is 6.32. The Labute approximate surface area is 123 Å². The van der Waals surface area contributed by atoms with Crippen LogP contribution >= 0.6 is 11.3 Å². The summed E-state index contributed by atoms with van der Waals surface area (Å²) in [5.41, 5.74) is 0.928. The number of nitrogens with zero attached hydrogens (tertiary/aromatic N) is 1. The number of nitrogens with one attached hydrogen (secondary N) is 1. The first-order chi connectivity index (χ1) is 9.62. The lowest BCUT2D eigenvalue weighted by atomic mass is 10.3. The summed E-state index contributed by atoms with van der Waals surface area (Å²) in [4.78, 5) is 4.61. The van der Waals surface area contributed by atoms with Crippen LogP contribution in [0.25, 0.3) is 0 Å². The largest absolute Gasteiger partial charge is 0.385 e. The van der Waals surface area contributed by atoms with Crippen molar-refractivity contribution in [3.8, 4) is 0 Å². The first-order valence-electron chi connectivity index (χ1n) is 6.57. The highest BCUT2D eigenvalue weighted by Gasteiger charge is 2.12. The zero-order valence-electron chi connectivity index (χ0n) is 11.4. The maximum atomic E-state index is 11.9. The fourth-order valence-corrected chi connectivity index (χ4v) is 3.80. The maximum Gasteiger partial charge on any atom is 0.178 e. The monoisotopic (exact) mass is 310 g/mol. The minimum atomic E-state index is -3.12. The summed E-state index contributed by atoms with van der Waals surface area (Å²) in [6.07, 6.45) is 3.30. The molecule has 0 saturated heterocycles. The third-order valence-electron chi connectivity index (χ3n) is 2.84. The molecule has 0 bridgehead atoms. The van der Waals surface area contributed by atoms with E-state index in [1.807, 2.05) is 24.4 Å². The Kier molecular flexibility index (Phi) is 5.14. The molecule has 0 spiro atoms. The van der Waals surface area contributed by atoms with E-state index in [-0.39, 0.29) is 5.75 Å². The molecule has 6 heteroatoms. The molecule has 0 unspecified atom stereocenters. The Morgan fingerprint density at radius 1 is 1.25 bits per heavy atom. The molecule has 4 nitrogen and oxygen atoms in total. The molecule has 108 valence electrons. The third kappa shape index (κ3) is 4.05. The van der Waals surface area contributed by atoms with E-state index in [2.05, 4.69) is 10.3 Å². The molecule has 2 aromatic rings. The first-order valence-corrected chi connectivity index (χ1v) is 9.10. The average Bonchev–Trinajstić information content (AvgIpc) is 2.92. The van der Waals surface area contributed by atoms with E-state index < -0.39 is 9.84 Å². The molecule has 1 heterocycles. The van der Waals surface area contributed by atoms with Crippen molar-refractivity contribution in [2.45, 2.75) is 24.7 Å². The molecule has 0 aliphatic heterocycles. The average molecular weight is 310 g/mol. The van der Waals surface area contributed by atoms with Crippen molar-refractivity contribution in [1.82, 2.24) is 4.98 Å². The molecule has 1 aromatic carbocycles. The van der Waals surface area contributed by atoms with Crippen LogP contribution in [0, 0.1) is 0 Å². The second-order valence-corrected chi connectivity index (χ2v) is 7.53. The van der Waals surface area contributed by atoms with Gasteiger partial charge in [-0.25, -0.2) is 13.4 Å². The van der Waals surface area contributed by atoms with E-state index >= 15 is 0 Å². The molecule has 0 radical (unpaired) electrons. The molecule has 2 rings (SSSR count). The van der Waals surface area contributed by atoms with Crippen molar-refractivity contribution in [3.63, 3.8) is 0 Å². The normalized spacial score (nSPS) is 11.4. The molecule has 0 aliphatic rings. The van der Waals surface area contributed by atoms with Gasteiger partial charge >= 0.3 is 0 Å². The Hall–Kier alpha value is -1.40. The summed E-state index contributed by atoms with van der Waals surface area (Å²) >= 11 is 1.64. The molecule has 1 N–H and O–H groups in total.